The van der Waals surface area contributed by atoms with Crippen LogP contribution in [-0.4, -0.2) is 60.4 Å². The van der Waals surface area contributed by atoms with Crippen LogP contribution in [0.25, 0.3) is 0 Å². The summed E-state index contributed by atoms with van der Waals surface area (Å²) in [5, 5.41) is 15.3. The molecule has 9 heteroatoms. The number of urea groups is 1. The molecule has 3 aromatic rings. The predicted molar refractivity (Wildman–Crippen MR) is 192 cm³/mol. The molecule has 0 aromatic heterocycles. The van der Waals surface area contributed by atoms with E-state index in [0.717, 1.165) is 40.9 Å². The maximum Gasteiger partial charge on any atom is 0.328 e. The summed E-state index contributed by atoms with van der Waals surface area (Å²) in [5.74, 6) is -0.382. The van der Waals surface area contributed by atoms with E-state index in [1.165, 1.54) is 26.4 Å². The summed E-state index contributed by atoms with van der Waals surface area (Å²) in [7, 11) is 1.32. The number of hydrogen-bond acceptors (Lipinski definition) is 7. The fourth-order valence-corrected chi connectivity index (χ4v) is 8.72. The Labute approximate surface area is 296 Å². The molecule has 1 aliphatic carbocycles. The Morgan fingerprint density at radius 3 is 2.28 bits per heavy atom. The SMILES string of the molecule is COC(=O)[C@H](Cc1ccccc1)NC(=O)NCc1ccc([C@@H]2O[C@H](CN3CC4(C)CC3CC(C)(C)C4)[C@H](C)[C@H](c3ccc(CO)cc3)O2)cc1. The van der Waals surface area contributed by atoms with Crippen molar-refractivity contribution in [2.24, 2.45) is 16.7 Å². The molecule has 2 bridgehead atoms. The van der Waals surface area contributed by atoms with Gasteiger partial charge < -0.3 is 30.0 Å². The summed E-state index contributed by atoms with van der Waals surface area (Å²) in [6.45, 7) is 11.7. The van der Waals surface area contributed by atoms with Gasteiger partial charge in [-0.3, -0.25) is 4.90 Å². The lowest BCUT2D eigenvalue weighted by Crippen LogP contribution is -2.47. The second kappa shape index (κ2) is 15.2. The van der Waals surface area contributed by atoms with E-state index in [1.807, 2.05) is 66.7 Å². The standard InChI is InChI=1S/C41H53N3O6/c1-27-35(23-44-26-41(4)21-33(44)20-40(2,3)25-41)49-38(50-36(27)31-15-13-30(24-45)14-16-31)32-17-11-29(12-18-32)22-42-39(47)43-34(37(46)48-5)19-28-9-7-6-8-10-28/h6-18,27,33-36,38,45H,19-26H2,1-5H3,(H2,42,43,47)/t27-,33?,34-,35+,36+,38+,41?/m0/s1. The van der Waals surface area contributed by atoms with E-state index < -0.39 is 24.3 Å². The van der Waals surface area contributed by atoms with Gasteiger partial charge in [-0.25, -0.2) is 9.59 Å². The number of ether oxygens (including phenoxy) is 3. The number of amides is 2. The van der Waals surface area contributed by atoms with Gasteiger partial charge in [-0.05, 0) is 52.3 Å². The molecule has 50 heavy (non-hydrogen) atoms. The third-order valence-corrected chi connectivity index (χ3v) is 10.8. The van der Waals surface area contributed by atoms with Crippen molar-refractivity contribution in [1.29, 1.82) is 0 Å². The van der Waals surface area contributed by atoms with Crippen molar-refractivity contribution in [3.63, 3.8) is 0 Å². The lowest BCUT2D eigenvalue weighted by atomic mass is 9.65. The van der Waals surface area contributed by atoms with Gasteiger partial charge in [-0.1, -0.05) is 107 Å². The molecule has 0 spiro atoms. The lowest BCUT2D eigenvalue weighted by Gasteiger charge is -2.43. The number of methoxy groups -OCH3 is 1. The summed E-state index contributed by atoms with van der Waals surface area (Å²) in [6.07, 6.45) is 3.26. The van der Waals surface area contributed by atoms with E-state index in [-0.39, 0.29) is 31.3 Å². The van der Waals surface area contributed by atoms with E-state index in [4.69, 9.17) is 14.2 Å². The predicted octanol–water partition coefficient (Wildman–Crippen LogP) is 6.45. The molecule has 7 atom stereocenters. The second-order valence-corrected chi connectivity index (χ2v) is 15.8. The van der Waals surface area contributed by atoms with Crippen molar-refractivity contribution < 1.29 is 28.9 Å². The van der Waals surface area contributed by atoms with Gasteiger partial charge in [0.15, 0.2) is 6.29 Å². The first-order valence-electron chi connectivity index (χ1n) is 17.9. The lowest BCUT2D eigenvalue weighted by molar-refractivity contribution is -0.276. The highest BCUT2D eigenvalue weighted by molar-refractivity contribution is 5.83. The number of esters is 1. The number of benzene rings is 3. The molecule has 1 saturated carbocycles. The van der Waals surface area contributed by atoms with Crippen molar-refractivity contribution in [3.05, 3.63) is 107 Å². The maximum atomic E-state index is 12.8. The van der Waals surface area contributed by atoms with Crippen LogP contribution >= 0.6 is 0 Å². The Morgan fingerprint density at radius 2 is 1.60 bits per heavy atom. The normalized spacial score (nSPS) is 28.1. The summed E-state index contributed by atoms with van der Waals surface area (Å²) >= 11 is 0. The smallest absolute Gasteiger partial charge is 0.328 e. The summed E-state index contributed by atoms with van der Waals surface area (Å²) < 4.78 is 18.5. The van der Waals surface area contributed by atoms with Gasteiger partial charge in [0, 0.05) is 43.6 Å². The maximum absolute atomic E-state index is 12.8. The molecule has 2 unspecified atom stereocenters. The van der Waals surface area contributed by atoms with E-state index in [0.29, 0.717) is 23.3 Å². The van der Waals surface area contributed by atoms with Crippen LogP contribution in [-0.2, 0) is 38.6 Å². The Balaban J connectivity index is 1.13. The van der Waals surface area contributed by atoms with Crippen LogP contribution in [0.4, 0.5) is 4.79 Å². The number of carbonyl (C=O) groups is 2. The molecule has 2 aliphatic heterocycles. The Kier molecular flexibility index (Phi) is 11.0. The summed E-state index contributed by atoms with van der Waals surface area (Å²) in [4.78, 5) is 27.9. The van der Waals surface area contributed by atoms with Gasteiger partial charge in [-0.2, -0.15) is 0 Å². The molecule has 268 valence electrons. The molecule has 3 N–H and O–H groups in total. The van der Waals surface area contributed by atoms with Crippen LogP contribution in [0.15, 0.2) is 78.9 Å². The van der Waals surface area contributed by atoms with Crippen LogP contribution in [0.1, 0.15) is 87.2 Å². The zero-order chi connectivity index (χ0) is 35.5. The van der Waals surface area contributed by atoms with Crippen LogP contribution in [0, 0.1) is 16.7 Å². The molecule has 9 nitrogen and oxygen atoms in total. The van der Waals surface area contributed by atoms with Gasteiger partial charge in [-0.15, -0.1) is 0 Å². The molecule has 0 radical (unpaired) electrons. The fourth-order valence-electron chi connectivity index (χ4n) is 8.72. The van der Waals surface area contributed by atoms with Crippen molar-refractivity contribution in [2.45, 2.75) is 97.1 Å². The number of aliphatic hydroxyl groups excluding tert-OH is 1. The number of hydrogen-bond donors (Lipinski definition) is 3. The minimum Gasteiger partial charge on any atom is -0.467 e. The molecule has 6 rings (SSSR count). The molecular weight excluding hydrogens is 630 g/mol. The highest BCUT2D eigenvalue weighted by atomic mass is 16.7. The quantitative estimate of drug-likeness (QED) is 0.199. The number of likely N-dealkylation sites (tertiary alicyclic amines) is 1. The van der Waals surface area contributed by atoms with Crippen LogP contribution in [0.5, 0.6) is 0 Å². The Bertz CT molecular complexity index is 1600. The molecular formula is C41H53N3O6. The fraction of sp³-hybridized carbons (Fsp3) is 0.512. The zero-order valence-electron chi connectivity index (χ0n) is 30.1. The first kappa shape index (κ1) is 36.0. The van der Waals surface area contributed by atoms with Crippen LogP contribution in [0.3, 0.4) is 0 Å². The first-order chi connectivity index (χ1) is 23.9. The average Bonchev–Trinajstić information content (AvgIpc) is 3.35. The minimum atomic E-state index is -0.803. The van der Waals surface area contributed by atoms with E-state index >= 15 is 0 Å². The topological polar surface area (TPSA) is 109 Å². The van der Waals surface area contributed by atoms with Crippen molar-refractivity contribution in [1.82, 2.24) is 15.5 Å². The Morgan fingerprint density at radius 1 is 0.920 bits per heavy atom. The van der Waals surface area contributed by atoms with Crippen LogP contribution < -0.4 is 10.6 Å². The number of fused-ring (bicyclic) bond motifs is 2. The number of aliphatic hydroxyl groups is 1. The molecule has 3 aromatic carbocycles. The molecule has 2 amide bonds. The molecule has 3 fully saturated rings. The highest BCUT2D eigenvalue weighted by Gasteiger charge is 2.51. The van der Waals surface area contributed by atoms with Crippen molar-refractivity contribution >= 4 is 12.0 Å². The van der Waals surface area contributed by atoms with E-state index in [1.54, 1.807) is 0 Å². The number of nitrogens with zero attached hydrogens (tertiary/aromatic N) is 1. The highest BCUT2D eigenvalue weighted by Crippen LogP contribution is 2.53. The summed E-state index contributed by atoms with van der Waals surface area (Å²) in [6, 6.07) is 24.8. The van der Waals surface area contributed by atoms with E-state index in [9.17, 15) is 14.7 Å². The second-order valence-electron chi connectivity index (χ2n) is 15.8. The summed E-state index contributed by atoms with van der Waals surface area (Å²) in [5.41, 5.74) is 5.36. The van der Waals surface area contributed by atoms with Crippen molar-refractivity contribution in [2.75, 3.05) is 20.2 Å². The minimum absolute atomic E-state index is 0.00357. The van der Waals surface area contributed by atoms with Crippen molar-refractivity contribution in [3.8, 4) is 0 Å². The number of rotatable bonds is 11. The number of carbonyl (C=O) groups excluding carboxylic acids is 2. The Hall–Kier alpha value is -3.76. The van der Waals surface area contributed by atoms with Crippen LogP contribution in [0.2, 0.25) is 0 Å². The van der Waals surface area contributed by atoms with Gasteiger partial charge in [0.25, 0.3) is 0 Å². The molecule has 2 saturated heterocycles. The van der Waals surface area contributed by atoms with Gasteiger partial charge in [0.1, 0.15) is 6.04 Å². The molecule has 3 aliphatic rings. The third-order valence-electron chi connectivity index (χ3n) is 10.8. The van der Waals surface area contributed by atoms with Gasteiger partial charge in [0.2, 0.25) is 0 Å². The average molecular weight is 684 g/mol. The zero-order valence-corrected chi connectivity index (χ0v) is 30.1. The monoisotopic (exact) mass is 683 g/mol. The molecule has 2 heterocycles. The van der Waals surface area contributed by atoms with Gasteiger partial charge in [0.05, 0.1) is 25.9 Å². The van der Waals surface area contributed by atoms with Gasteiger partial charge >= 0.3 is 12.0 Å². The first-order valence-corrected chi connectivity index (χ1v) is 17.9. The third kappa shape index (κ3) is 8.57. The largest absolute Gasteiger partial charge is 0.467 e. The van der Waals surface area contributed by atoms with E-state index in [2.05, 4.69) is 55.4 Å². The number of nitrogens with one attached hydrogen (secondary N) is 2.